The van der Waals surface area contributed by atoms with E-state index in [4.69, 9.17) is 4.74 Å². The van der Waals surface area contributed by atoms with Crippen molar-refractivity contribution in [1.29, 1.82) is 0 Å². The van der Waals surface area contributed by atoms with Gasteiger partial charge < -0.3 is 10.1 Å². The summed E-state index contributed by atoms with van der Waals surface area (Å²) in [6, 6.07) is 10.3. The highest BCUT2D eigenvalue weighted by atomic mass is 79.9. The number of rotatable bonds is 4. The molecule has 5 heteroatoms. The second kappa shape index (κ2) is 6.96. The summed E-state index contributed by atoms with van der Waals surface area (Å²) in [4.78, 5) is 0. The van der Waals surface area contributed by atoms with Gasteiger partial charge in [-0.3, -0.25) is 0 Å². The van der Waals surface area contributed by atoms with E-state index in [1.807, 2.05) is 6.07 Å². The van der Waals surface area contributed by atoms with Crippen molar-refractivity contribution in [2.45, 2.75) is 13.5 Å². The maximum absolute atomic E-state index is 5.31. The van der Waals surface area contributed by atoms with Gasteiger partial charge in [0.1, 0.15) is 5.75 Å². The number of nitrogens with one attached hydrogen (secondary N) is 1. The van der Waals surface area contributed by atoms with Gasteiger partial charge in [0.25, 0.3) is 0 Å². The van der Waals surface area contributed by atoms with Crippen molar-refractivity contribution in [3.05, 3.63) is 54.9 Å². The third-order valence-corrected chi connectivity index (χ3v) is 5.17. The quantitative estimate of drug-likeness (QED) is 0.609. The van der Waals surface area contributed by atoms with Crippen molar-refractivity contribution in [3.63, 3.8) is 0 Å². The van der Waals surface area contributed by atoms with Gasteiger partial charge in [-0.15, -0.1) is 0 Å². The van der Waals surface area contributed by atoms with Crippen LogP contribution in [-0.4, -0.2) is 7.11 Å². The minimum Gasteiger partial charge on any atom is -0.494 e. The lowest BCUT2D eigenvalue weighted by Crippen LogP contribution is -2.01. The molecule has 0 spiro atoms. The summed E-state index contributed by atoms with van der Waals surface area (Å²) >= 11 is 10.6. The average Bonchev–Trinajstić information content (AvgIpc) is 2.40. The van der Waals surface area contributed by atoms with E-state index in [0.717, 1.165) is 37.0 Å². The molecule has 0 aromatic heterocycles. The van der Waals surface area contributed by atoms with Crippen LogP contribution in [0.5, 0.6) is 5.75 Å². The molecule has 20 heavy (non-hydrogen) atoms. The van der Waals surface area contributed by atoms with Gasteiger partial charge in [-0.05, 0) is 84.0 Å². The zero-order valence-corrected chi connectivity index (χ0v) is 15.9. The Morgan fingerprint density at radius 2 is 1.75 bits per heavy atom. The summed E-state index contributed by atoms with van der Waals surface area (Å²) in [5, 5.41) is 3.43. The molecule has 0 amide bonds. The van der Waals surface area contributed by atoms with Crippen molar-refractivity contribution in [2.75, 3.05) is 12.4 Å². The van der Waals surface area contributed by atoms with E-state index < -0.39 is 0 Å². The summed E-state index contributed by atoms with van der Waals surface area (Å²) in [5.74, 6) is 0.811. The van der Waals surface area contributed by atoms with Gasteiger partial charge in [0.2, 0.25) is 0 Å². The first-order chi connectivity index (χ1) is 9.52. The highest BCUT2D eigenvalue weighted by Gasteiger charge is 2.08. The van der Waals surface area contributed by atoms with E-state index in [2.05, 4.69) is 84.3 Å². The number of benzene rings is 2. The molecule has 0 atom stereocenters. The summed E-state index contributed by atoms with van der Waals surface area (Å²) in [5.41, 5.74) is 3.47. The Kier molecular flexibility index (Phi) is 5.52. The monoisotopic (exact) mass is 461 g/mol. The molecule has 0 saturated heterocycles. The minimum atomic E-state index is 0.739. The van der Waals surface area contributed by atoms with Gasteiger partial charge in [0, 0.05) is 16.7 Å². The maximum Gasteiger partial charge on any atom is 0.147 e. The van der Waals surface area contributed by atoms with Crippen LogP contribution < -0.4 is 10.1 Å². The molecule has 2 aromatic carbocycles. The van der Waals surface area contributed by atoms with E-state index in [9.17, 15) is 0 Å². The molecule has 0 radical (unpaired) electrons. The van der Waals surface area contributed by atoms with E-state index >= 15 is 0 Å². The Morgan fingerprint density at radius 3 is 2.35 bits per heavy atom. The van der Waals surface area contributed by atoms with Crippen molar-refractivity contribution in [3.8, 4) is 5.75 Å². The molecule has 0 aliphatic carbocycles. The number of halogens is 3. The van der Waals surface area contributed by atoms with Gasteiger partial charge in [-0.25, -0.2) is 0 Å². The van der Waals surface area contributed by atoms with E-state index in [-0.39, 0.29) is 0 Å². The highest BCUT2D eigenvalue weighted by molar-refractivity contribution is 9.11. The fourth-order valence-corrected chi connectivity index (χ4v) is 3.90. The topological polar surface area (TPSA) is 21.3 Å². The number of methoxy groups -OCH3 is 1. The molecule has 0 fully saturated rings. The SMILES string of the molecule is COc1c(Br)cc(CNc2cccc(C)c2Br)cc1Br. The van der Waals surface area contributed by atoms with Crippen LogP contribution in [0.2, 0.25) is 0 Å². The maximum atomic E-state index is 5.31. The van der Waals surface area contributed by atoms with Crippen LogP contribution in [0.3, 0.4) is 0 Å². The first-order valence-corrected chi connectivity index (χ1v) is 8.41. The first kappa shape index (κ1) is 15.9. The number of anilines is 1. The van der Waals surface area contributed by atoms with Crippen LogP contribution in [0.4, 0.5) is 5.69 Å². The highest BCUT2D eigenvalue weighted by Crippen LogP contribution is 2.35. The molecule has 106 valence electrons. The molecule has 0 unspecified atom stereocenters. The lowest BCUT2D eigenvalue weighted by molar-refractivity contribution is 0.409. The Morgan fingerprint density at radius 1 is 1.10 bits per heavy atom. The summed E-state index contributed by atoms with van der Waals surface area (Å²) in [7, 11) is 1.66. The molecule has 0 bridgehead atoms. The summed E-state index contributed by atoms with van der Waals surface area (Å²) in [6.45, 7) is 2.82. The summed E-state index contributed by atoms with van der Waals surface area (Å²) < 4.78 is 8.29. The smallest absolute Gasteiger partial charge is 0.147 e. The second-order valence-electron chi connectivity index (χ2n) is 4.38. The molecule has 0 heterocycles. The number of hydrogen-bond acceptors (Lipinski definition) is 2. The Labute approximate surface area is 144 Å². The Balaban J connectivity index is 2.17. The van der Waals surface area contributed by atoms with Crippen molar-refractivity contribution in [2.24, 2.45) is 0 Å². The van der Waals surface area contributed by atoms with Gasteiger partial charge in [0.15, 0.2) is 0 Å². The van der Waals surface area contributed by atoms with E-state index in [1.165, 1.54) is 5.56 Å². The molecule has 0 aliphatic heterocycles. The molecule has 2 aromatic rings. The largest absolute Gasteiger partial charge is 0.494 e. The minimum absolute atomic E-state index is 0.739. The fraction of sp³-hybridized carbons (Fsp3) is 0.200. The van der Waals surface area contributed by atoms with Crippen molar-refractivity contribution >= 4 is 53.5 Å². The number of aryl methyl sites for hydroxylation is 1. The van der Waals surface area contributed by atoms with Crippen molar-refractivity contribution in [1.82, 2.24) is 0 Å². The lowest BCUT2D eigenvalue weighted by Gasteiger charge is -2.12. The van der Waals surface area contributed by atoms with Crippen LogP contribution in [0, 0.1) is 6.92 Å². The van der Waals surface area contributed by atoms with Gasteiger partial charge in [-0.1, -0.05) is 12.1 Å². The van der Waals surface area contributed by atoms with Crippen molar-refractivity contribution < 1.29 is 4.74 Å². The predicted molar refractivity (Wildman–Crippen MR) is 94.6 cm³/mol. The lowest BCUT2D eigenvalue weighted by atomic mass is 10.2. The normalized spacial score (nSPS) is 10.4. The second-order valence-corrected chi connectivity index (χ2v) is 6.88. The zero-order valence-electron chi connectivity index (χ0n) is 11.1. The van der Waals surface area contributed by atoms with Gasteiger partial charge in [0.05, 0.1) is 16.1 Å². The van der Waals surface area contributed by atoms with Crippen LogP contribution in [0.15, 0.2) is 43.7 Å². The third-order valence-electron chi connectivity index (χ3n) is 2.94. The predicted octanol–water partition coefficient (Wildman–Crippen LogP) is 5.90. The van der Waals surface area contributed by atoms with Gasteiger partial charge >= 0.3 is 0 Å². The standard InChI is InChI=1S/C15H14Br3NO/c1-9-4-3-5-13(14(9)18)19-8-10-6-11(16)15(20-2)12(17)7-10/h3-7,19H,8H2,1-2H3. The zero-order chi connectivity index (χ0) is 14.7. The molecule has 0 saturated carbocycles. The third kappa shape index (κ3) is 3.57. The molecule has 1 N–H and O–H groups in total. The Bertz CT molecular complexity index is 606. The molecule has 0 aliphatic rings. The van der Waals surface area contributed by atoms with Crippen LogP contribution in [0.25, 0.3) is 0 Å². The van der Waals surface area contributed by atoms with Gasteiger partial charge in [-0.2, -0.15) is 0 Å². The van der Waals surface area contributed by atoms with Crippen LogP contribution >= 0.6 is 47.8 Å². The van der Waals surface area contributed by atoms with Crippen LogP contribution in [-0.2, 0) is 6.54 Å². The fourth-order valence-electron chi connectivity index (χ4n) is 1.89. The summed E-state index contributed by atoms with van der Waals surface area (Å²) in [6.07, 6.45) is 0. The molecular weight excluding hydrogens is 450 g/mol. The molecule has 2 rings (SSSR count). The first-order valence-electron chi connectivity index (χ1n) is 6.04. The van der Waals surface area contributed by atoms with Crippen LogP contribution in [0.1, 0.15) is 11.1 Å². The number of hydrogen-bond donors (Lipinski definition) is 1. The Hall–Kier alpha value is -0.520. The van der Waals surface area contributed by atoms with E-state index in [0.29, 0.717) is 0 Å². The average molecular weight is 464 g/mol. The number of ether oxygens (including phenoxy) is 1. The van der Waals surface area contributed by atoms with E-state index in [1.54, 1.807) is 7.11 Å². The molecular formula is C15H14Br3NO. The molecule has 2 nitrogen and oxygen atoms in total.